The summed E-state index contributed by atoms with van der Waals surface area (Å²) in [6, 6.07) is 10.3. The van der Waals surface area contributed by atoms with E-state index in [9.17, 15) is 19.7 Å². The van der Waals surface area contributed by atoms with Gasteiger partial charge in [0.2, 0.25) is 0 Å². The maximum absolute atomic E-state index is 12.0. The third kappa shape index (κ3) is 4.00. The normalized spacial score (nSPS) is 10.2. The number of ether oxygens (including phenoxy) is 1. The van der Waals surface area contributed by atoms with Crippen molar-refractivity contribution in [1.29, 1.82) is 0 Å². The number of non-ortho nitro benzene ring substituents is 1. The lowest BCUT2D eigenvalue weighted by Crippen LogP contribution is -2.14. The summed E-state index contributed by atoms with van der Waals surface area (Å²) in [5.41, 5.74) is 2.57. The maximum atomic E-state index is 12.0. The van der Waals surface area contributed by atoms with Gasteiger partial charge in [-0.2, -0.15) is 0 Å². The number of esters is 1. The van der Waals surface area contributed by atoms with Crippen molar-refractivity contribution in [3.05, 3.63) is 74.8 Å². The molecule has 0 aliphatic heterocycles. The molecule has 0 aromatic heterocycles. The Bertz CT molecular complexity index is 765. The molecule has 118 valence electrons. The summed E-state index contributed by atoms with van der Waals surface area (Å²) in [7, 11) is 0. The van der Waals surface area contributed by atoms with Gasteiger partial charge in [0.25, 0.3) is 5.69 Å². The second-order valence-corrected chi connectivity index (χ2v) is 5.10. The highest BCUT2D eigenvalue weighted by atomic mass is 16.6. The van der Waals surface area contributed by atoms with E-state index in [0.29, 0.717) is 5.56 Å². The van der Waals surface area contributed by atoms with Crippen molar-refractivity contribution in [2.24, 2.45) is 0 Å². The van der Waals surface area contributed by atoms with E-state index in [1.807, 2.05) is 19.9 Å². The Morgan fingerprint density at radius 2 is 1.61 bits per heavy atom. The molecule has 0 fully saturated rings. The molecule has 0 N–H and O–H groups in total. The number of rotatable bonds is 5. The number of hydrogen-bond acceptors (Lipinski definition) is 5. The number of carbonyl (C=O) groups is 2. The number of carbonyl (C=O) groups excluding carboxylic acids is 2. The summed E-state index contributed by atoms with van der Waals surface area (Å²) in [6.07, 6.45) is 0. The molecule has 6 heteroatoms. The Balaban J connectivity index is 1.99. The van der Waals surface area contributed by atoms with Crippen molar-refractivity contribution in [2.75, 3.05) is 6.61 Å². The Morgan fingerprint density at radius 3 is 2.17 bits per heavy atom. The van der Waals surface area contributed by atoms with Gasteiger partial charge < -0.3 is 4.74 Å². The van der Waals surface area contributed by atoms with Gasteiger partial charge in [0.1, 0.15) is 0 Å². The molecule has 0 heterocycles. The van der Waals surface area contributed by atoms with Crippen LogP contribution in [-0.2, 0) is 4.74 Å². The summed E-state index contributed by atoms with van der Waals surface area (Å²) in [5.74, 6) is -1.000. The highest BCUT2D eigenvalue weighted by Crippen LogP contribution is 2.14. The highest BCUT2D eigenvalue weighted by molar-refractivity contribution is 5.99. The van der Waals surface area contributed by atoms with Gasteiger partial charge in [0.05, 0.1) is 10.5 Å². The van der Waals surface area contributed by atoms with Gasteiger partial charge in [-0.05, 0) is 43.2 Å². The first-order chi connectivity index (χ1) is 10.9. The second kappa shape index (κ2) is 6.83. The average Bonchev–Trinajstić information content (AvgIpc) is 2.54. The number of nitro groups is 1. The fraction of sp³-hybridized carbons (Fsp3) is 0.176. The molecule has 0 saturated heterocycles. The fourth-order valence-corrected chi connectivity index (χ4v) is 1.93. The monoisotopic (exact) mass is 313 g/mol. The zero-order valence-corrected chi connectivity index (χ0v) is 12.7. The maximum Gasteiger partial charge on any atom is 0.338 e. The molecule has 0 spiro atoms. The fourth-order valence-electron chi connectivity index (χ4n) is 1.93. The molecule has 23 heavy (non-hydrogen) atoms. The third-order valence-electron chi connectivity index (χ3n) is 3.48. The molecule has 0 aliphatic rings. The largest absolute Gasteiger partial charge is 0.454 e. The zero-order valence-electron chi connectivity index (χ0n) is 12.7. The van der Waals surface area contributed by atoms with Crippen LogP contribution < -0.4 is 0 Å². The number of benzene rings is 2. The van der Waals surface area contributed by atoms with Crippen LogP contribution in [0.4, 0.5) is 5.69 Å². The standard InChI is InChI=1S/C17H15NO5/c1-11-3-4-14(9-12(11)2)16(19)10-23-17(20)13-5-7-15(8-6-13)18(21)22/h3-9H,10H2,1-2H3. The molecule has 0 bridgehead atoms. The summed E-state index contributed by atoms with van der Waals surface area (Å²) in [6.45, 7) is 3.46. The minimum absolute atomic E-state index is 0.118. The minimum Gasteiger partial charge on any atom is -0.454 e. The molecule has 0 aliphatic carbocycles. The predicted molar refractivity (Wildman–Crippen MR) is 83.6 cm³/mol. The smallest absolute Gasteiger partial charge is 0.338 e. The van der Waals surface area contributed by atoms with Crippen molar-refractivity contribution in [2.45, 2.75) is 13.8 Å². The van der Waals surface area contributed by atoms with Crippen LogP contribution in [0.3, 0.4) is 0 Å². The summed E-state index contributed by atoms with van der Waals surface area (Å²) in [5, 5.41) is 10.6. The minimum atomic E-state index is -0.697. The Kier molecular flexibility index (Phi) is 4.85. The van der Waals surface area contributed by atoms with Crippen molar-refractivity contribution in [1.82, 2.24) is 0 Å². The zero-order chi connectivity index (χ0) is 17.0. The highest BCUT2D eigenvalue weighted by Gasteiger charge is 2.14. The Morgan fingerprint density at radius 1 is 1.00 bits per heavy atom. The first kappa shape index (κ1) is 16.4. The lowest BCUT2D eigenvalue weighted by Gasteiger charge is -2.06. The molecule has 2 aromatic rings. The van der Waals surface area contributed by atoms with E-state index in [-0.39, 0.29) is 23.6 Å². The second-order valence-electron chi connectivity index (χ2n) is 5.10. The number of nitro benzene ring substituents is 1. The van der Waals surface area contributed by atoms with Gasteiger partial charge in [-0.15, -0.1) is 0 Å². The molecule has 0 atom stereocenters. The number of ketones is 1. The molecule has 2 aromatic carbocycles. The lowest BCUT2D eigenvalue weighted by atomic mass is 10.0. The van der Waals surface area contributed by atoms with Crippen LogP contribution in [0, 0.1) is 24.0 Å². The quantitative estimate of drug-likeness (QED) is 0.366. The van der Waals surface area contributed by atoms with Gasteiger partial charge >= 0.3 is 5.97 Å². The van der Waals surface area contributed by atoms with E-state index in [1.54, 1.807) is 12.1 Å². The number of aryl methyl sites for hydroxylation is 2. The van der Waals surface area contributed by atoms with Gasteiger partial charge in [-0.1, -0.05) is 12.1 Å². The van der Waals surface area contributed by atoms with E-state index in [0.717, 1.165) is 11.1 Å². The predicted octanol–water partition coefficient (Wildman–Crippen LogP) is 3.25. The van der Waals surface area contributed by atoms with Crippen LogP contribution in [0.5, 0.6) is 0 Å². The van der Waals surface area contributed by atoms with Crippen LogP contribution in [0.15, 0.2) is 42.5 Å². The van der Waals surface area contributed by atoms with E-state index in [4.69, 9.17) is 4.74 Å². The van der Waals surface area contributed by atoms with Crippen molar-refractivity contribution >= 4 is 17.4 Å². The number of Topliss-reactive ketones (excluding diaryl/α,β-unsaturated/α-hetero) is 1. The summed E-state index contributed by atoms with van der Waals surface area (Å²) < 4.78 is 4.96. The van der Waals surface area contributed by atoms with Crippen molar-refractivity contribution in [3.63, 3.8) is 0 Å². The van der Waals surface area contributed by atoms with Crippen LogP contribution in [0.1, 0.15) is 31.8 Å². The van der Waals surface area contributed by atoms with E-state index >= 15 is 0 Å². The first-order valence-electron chi connectivity index (χ1n) is 6.90. The molecule has 2 rings (SSSR count). The average molecular weight is 313 g/mol. The van der Waals surface area contributed by atoms with Crippen LogP contribution in [0.25, 0.3) is 0 Å². The van der Waals surface area contributed by atoms with Crippen molar-refractivity contribution in [3.8, 4) is 0 Å². The molecule has 0 saturated carbocycles. The lowest BCUT2D eigenvalue weighted by molar-refractivity contribution is -0.384. The third-order valence-corrected chi connectivity index (χ3v) is 3.48. The van der Waals surface area contributed by atoms with Gasteiger partial charge in [-0.25, -0.2) is 4.79 Å². The van der Waals surface area contributed by atoms with Gasteiger partial charge in [0.15, 0.2) is 12.4 Å². The Labute approximate surface area is 132 Å². The number of hydrogen-bond donors (Lipinski definition) is 0. The first-order valence-corrected chi connectivity index (χ1v) is 6.90. The molecular formula is C17H15NO5. The van der Waals surface area contributed by atoms with Crippen LogP contribution >= 0.6 is 0 Å². The summed E-state index contributed by atoms with van der Waals surface area (Å²) in [4.78, 5) is 33.9. The molecule has 6 nitrogen and oxygen atoms in total. The molecule has 0 amide bonds. The van der Waals surface area contributed by atoms with Crippen LogP contribution in [-0.4, -0.2) is 23.3 Å². The van der Waals surface area contributed by atoms with E-state index in [2.05, 4.69) is 0 Å². The molecule has 0 radical (unpaired) electrons. The molecular weight excluding hydrogens is 298 g/mol. The van der Waals surface area contributed by atoms with E-state index in [1.165, 1.54) is 24.3 Å². The van der Waals surface area contributed by atoms with Gasteiger partial charge in [0, 0.05) is 17.7 Å². The molecule has 0 unspecified atom stereocenters. The van der Waals surface area contributed by atoms with Crippen LogP contribution in [0.2, 0.25) is 0 Å². The Hall–Kier alpha value is -3.02. The number of nitrogens with zero attached hydrogens (tertiary/aromatic N) is 1. The SMILES string of the molecule is Cc1ccc(C(=O)COC(=O)c2ccc([N+](=O)[O-])cc2)cc1C. The van der Waals surface area contributed by atoms with Gasteiger partial charge in [-0.3, -0.25) is 14.9 Å². The summed E-state index contributed by atoms with van der Waals surface area (Å²) >= 11 is 0. The van der Waals surface area contributed by atoms with E-state index < -0.39 is 10.9 Å². The topological polar surface area (TPSA) is 86.5 Å². The van der Waals surface area contributed by atoms with Crippen molar-refractivity contribution < 1.29 is 19.2 Å².